The van der Waals surface area contributed by atoms with Crippen molar-refractivity contribution in [2.75, 3.05) is 46.6 Å². The Kier molecular flexibility index (Phi) is 6.19. The van der Waals surface area contributed by atoms with E-state index in [2.05, 4.69) is 11.0 Å². The van der Waals surface area contributed by atoms with Gasteiger partial charge < -0.3 is 19.1 Å². The highest BCUT2D eigenvalue weighted by molar-refractivity contribution is 5.76. The van der Waals surface area contributed by atoms with E-state index in [1.807, 2.05) is 23.1 Å². The predicted octanol–water partition coefficient (Wildman–Crippen LogP) is 2.46. The number of rotatable bonds is 4. The van der Waals surface area contributed by atoms with Crippen molar-refractivity contribution in [2.24, 2.45) is 0 Å². The third-order valence-electron chi connectivity index (χ3n) is 6.44. The summed E-state index contributed by atoms with van der Waals surface area (Å²) in [7, 11) is 1.64. The second-order valence-electron chi connectivity index (χ2n) is 8.26. The van der Waals surface area contributed by atoms with E-state index >= 15 is 0 Å². The van der Waals surface area contributed by atoms with Crippen LogP contribution in [-0.2, 0) is 20.8 Å². The Bertz CT molecular complexity index is 666. The minimum absolute atomic E-state index is 0.150. The molecule has 4 rings (SSSR count). The average Bonchev–Trinajstić information content (AvgIpc) is 2.90. The molecule has 28 heavy (non-hydrogen) atoms. The van der Waals surface area contributed by atoms with Crippen LogP contribution in [0.15, 0.2) is 24.3 Å². The first-order chi connectivity index (χ1) is 13.7. The molecule has 1 aromatic carbocycles. The van der Waals surface area contributed by atoms with Crippen molar-refractivity contribution in [1.82, 2.24) is 9.80 Å². The molecule has 1 saturated heterocycles. The molecule has 1 aromatic rings. The summed E-state index contributed by atoms with van der Waals surface area (Å²) in [5.41, 5.74) is 0.818. The van der Waals surface area contributed by atoms with Gasteiger partial charge in [-0.1, -0.05) is 18.2 Å². The molecule has 0 aromatic heterocycles. The van der Waals surface area contributed by atoms with Gasteiger partial charge in [0, 0.05) is 38.3 Å². The number of hydrogen-bond acceptors (Lipinski definition) is 5. The molecule has 2 fully saturated rings. The molecule has 1 amide bonds. The minimum atomic E-state index is -0.280. The van der Waals surface area contributed by atoms with Gasteiger partial charge >= 0.3 is 0 Å². The van der Waals surface area contributed by atoms with Crippen LogP contribution in [0, 0.1) is 0 Å². The Balaban J connectivity index is 1.50. The molecule has 0 N–H and O–H groups in total. The highest BCUT2D eigenvalue weighted by Gasteiger charge is 2.43. The van der Waals surface area contributed by atoms with Gasteiger partial charge in [0.25, 0.3) is 0 Å². The zero-order valence-electron chi connectivity index (χ0n) is 16.9. The van der Waals surface area contributed by atoms with E-state index in [4.69, 9.17) is 14.2 Å². The number of benzene rings is 1. The van der Waals surface area contributed by atoms with Gasteiger partial charge in [0.05, 0.1) is 32.8 Å². The third-order valence-corrected chi connectivity index (χ3v) is 6.44. The summed E-state index contributed by atoms with van der Waals surface area (Å²) in [6.45, 7) is 5.49. The molecule has 6 nitrogen and oxygen atoms in total. The fourth-order valence-electron chi connectivity index (χ4n) is 4.83. The van der Waals surface area contributed by atoms with Crippen LogP contribution in [0.3, 0.4) is 0 Å². The fourth-order valence-corrected chi connectivity index (χ4v) is 4.83. The maximum Gasteiger partial charge on any atom is 0.225 e. The van der Waals surface area contributed by atoms with E-state index in [1.54, 1.807) is 7.11 Å². The molecule has 0 radical (unpaired) electrons. The Morgan fingerprint density at radius 2 is 1.96 bits per heavy atom. The van der Waals surface area contributed by atoms with E-state index in [1.165, 1.54) is 0 Å². The summed E-state index contributed by atoms with van der Waals surface area (Å²) in [5.74, 6) is 1.09. The first-order valence-corrected chi connectivity index (χ1v) is 10.5. The summed E-state index contributed by atoms with van der Waals surface area (Å²) in [5, 5.41) is 0. The highest BCUT2D eigenvalue weighted by atomic mass is 16.5. The summed E-state index contributed by atoms with van der Waals surface area (Å²) < 4.78 is 17.3. The largest absolute Gasteiger partial charge is 0.485 e. The molecule has 6 heteroatoms. The van der Waals surface area contributed by atoms with Crippen molar-refractivity contribution in [3.05, 3.63) is 29.8 Å². The minimum Gasteiger partial charge on any atom is -0.485 e. The number of fused-ring (bicyclic) bond motifs is 1. The van der Waals surface area contributed by atoms with Crippen molar-refractivity contribution >= 4 is 5.91 Å². The smallest absolute Gasteiger partial charge is 0.225 e. The van der Waals surface area contributed by atoms with Crippen LogP contribution in [0.2, 0.25) is 0 Å². The van der Waals surface area contributed by atoms with Crippen LogP contribution < -0.4 is 4.74 Å². The van der Waals surface area contributed by atoms with Crippen molar-refractivity contribution in [3.63, 3.8) is 0 Å². The van der Waals surface area contributed by atoms with Crippen molar-refractivity contribution in [1.29, 1.82) is 0 Å². The molecule has 3 aliphatic rings. The van der Waals surface area contributed by atoms with E-state index < -0.39 is 0 Å². The van der Waals surface area contributed by atoms with Gasteiger partial charge in [0.15, 0.2) is 0 Å². The summed E-state index contributed by atoms with van der Waals surface area (Å²) in [4.78, 5) is 17.4. The van der Waals surface area contributed by atoms with Gasteiger partial charge in [-0.3, -0.25) is 9.69 Å². The zero-order valence-corrected chi connectivity index (χ0v) is 16.9. The number of methoxy groups -OCH3 is 1. The molecule has 1 aliphatic carbocycles. The molecule has 0 atom stereocenters. The lowest BCUT2D eigenvalue weighted by molar-refractivity contribution is -0.136. The quantitative estimate of drug-likeness (QED) is 0.793. The number of para-hydroxylation sites is 1. The lowest BCUT2D eigenvalue weighted by atomic mass is 9.80. The van der Waals surface area contributed by atoms with Crippen LogP contribution in [0.1, 0.15) is 37.7 Å². The van der Waals surface area contributed by atoms with Gasteiger partial charge in [-0.2, -0.15) is 0 Å². The van der Waals surface area contributed by atoms with E-state index in [0.29, 0.717) is 32.2 Å². The van der Waals surface area contributed by atoms with Gasteiger partial charge in [0.1, 0.15) is 11.4 Å². The van der Waals surface area contributed by atoms with Crippen molar-refractivity contribution in [3.8, 4) is 5.75 Å². The SMILES string of the molecule is COCCC(=O)N1Cc2ccccc2OC2(CCC(N3CCOCC3)CC2)C1. The maximum absolute atomic E-state index is 12.8. The molecule has 154 valence electrons. The predicted molar refractivity (Wildman–Crippen MR) is 106 cm³/mol. The second kappa shape index (κ2) is 8.80. The number of amides is 1. The van der Waals surface area contributed by atoms with Crippen molar-refractivity contribution < 1.29 is 19.0 Å². The van der Waals surface area contributed by atoms with Crippen LogP contribution in [0.4, 0.5) is 0 Å². The molecule has 2 aliphatic heterocycles. The Morgan fingerprint density at radius 1 is 1.21 bits per heavy atom. The Hall–Kier alpha value is -1.63. The second-order valence-corrected chi connectivity index (χ2v) is 8.26. The summed E-state index contributed by atoms with van der Waals surface area (Å²) in [6.07, 6.45) is 4.62. The van der Waals surface area contributed by atoms with E-state index in [9.17, 15) is 4.79 Å². The number of carbonyl (C=O) groups is 1. The molecular formula is C22H32N2O4. The zero-order chi connectivity index (χ0) is 19.4. The van der Waals surface area contributed by atoms with Crippen LogP contribution >= 0.6 is 0 Å². The van der Waals surface area contributed by atoms with Gasteiger partial charge in [0.2, 0.25) is 5.91 Å². The standard InChI is InChI=1S/C22H32N2O4/c1-26-13-8-21(25)24-16-18-4-2-3-5-20(18)28-22(17-24)9-6-19(7-10-22)23-11-14-27-15-12-23/h2-5,19H,6-17H2,1H3. The van der Waals surface area contributed by atoms with Gasteiger partial charge in [-0.05, 0) is 31.7 Å². The van der Waals surface area contributed by atoms with E-state index in [-0.39, 0.29) is 11.5 Å². The molecule has 2 heterocycles. The average molecular weight is 389 g/mol. The number of ether oxygens (including phenoxy) is 3. The third kappa shape index (κ3) is 4.34. The maximum atomic E-state index is 12.8. The summed E-state index contributed by atoms with van der Waals surface area (Å²) in [6, 6.07) is 8.77. The molecule has 1 saturated carbocycles. The lowest BCUT2D eigenvalue weighted by Gasteiger charge is -2.45. The van der Waals surface area contributed by atoms with Gasteiger partial charge in [-0.15, -0.1) is 0 Å². The summed E-state index contributed by atoms with van der Waals surface area (Å²) >= 11 is 0. The fraction of sp³-hybridized carbons (Fsp3) is 0.682. The van der Waals surface area contributed by atoms with Crippen LogP contribution in [0.5, 0.6) is 5.75 Å². The molecule has 1 spiro atoms. The van der Waals surface area contributed by atoms with Crippen molar-refractivity contribution in [2.45, 2.75) is 50.3 Å². The molecular weight excluding hydrogens is 356 g/mol. The Morgan fingerprint density at radius 3 is 2.71 bits per heavy atom. The number of hydrogen-bond donors (Lipinski definition) is 0. The first-order valence-electron chi connectivity index (χ1n) is 10.5. The topological polar surface area (TPSA) is 51.2 Å². The van der Waals surface area contributed by atoms with E-state index in [0.717, 1.165) is 63.3 Å². The highest BCUT2D eigenvalue weighted by Crippen LogP contribution is 2.39. The van der Waals surface area contributed by atoms with Crippen LogP contribution in [-0.4, -0.2) is 73.9 Å². The molecule has 0 bridgehead atoms. The van der Waals surface area contributed by atoms with Gasteiger partial charge in [-0.25, -0.2) is 0 Å². The monoisotopic (exact) mass is 388 g/mol. The molecule has 0 unspecified atom stereocenters. The number of morpholine rings is 1. The number of carbonyl (C=O) groups excluding carboxylic acids is 1. The number of nitrogens with zero attached hydrogens (tertiary/aromatic N) is 2. The normalized spacial score (nSPS) is 28.5. The Labute approximate surface area is 167 Å². The van der Waals surface area contributed by atoms with Crippen LogP contribution in [0.25, 0.3) is 0 Å². The lowest BCUT2D eigenvalue weighted by Crippen LogP contribution is -2.53. The first kappa shape index (κ1) is 19.7.